The van der Waals surface area contributed by atoms with Crippen LogP contribution < -0.4 is 16.2 Å². The molecule has 6 heteroatoms. The van der Waals surface area contributed by atoms with Gasteiger partial charge in [0.05, 0.1) is 0 Å². The number of thiophene rings is 1. The van der Waals surface area contributed by atoms with Crippen molar-refractivity contribution in [3.05, 3.63) is 34.3 Å². The maximum Gasteiger partial charge on any atom is 0.145 e. The predicted molar refractivity (Wildman–Crippen MR) is 87.5 cm³/mol. The number of rotatable bonds is 6. The molecule has 0 saturated heterocycles. The number of hydrogen-bond acceptors (Lipinski definition) is 6. The highest BCUT2D eigenvalue weighted by Crippen LogP contribution is 2.33. The molecule has 0 atom stereocenters. The molecular formula is C15H21N5S. The van der Waals surface area contributed by atoms with Gasteiger partial charge in [-0.25, -0.2) is 15.8 Å². The average molecular weight is 303 g/mol. The van der Waals surface area contributed by atoms with Gasteiger partial charge in [0.1, 0.15) is 17.5 Å². The fourth-order valence-electron chi connectivity index (χ4n) is 2.29. The van der Waals surface area contributed by atoms with Gasteiger partial charge in [0.25, 0.3) is 0 Å². The van der Waals surface area contributed by atoms with Crippen molar-refractivity contribution in [1.82, 2.24) is 9.97 Å². The van der Waals surface area contributed by atoms with Crippen LogP contribution in [0.1, 0.15) is 44.0 Å². The van der Waals surface area contributed by atoms with Crippen molar-refractivity contribution >= 4 is 23.0 Å². The van der Waals surface area contributed by atoms with Crippen LogP contribution in [0.3, 0.4) is 0 Å². The van der Waals surface area contributed by atoms with Gasteiger partial charge in [0, 0.05) is 24.6 Å². The van der Waals surface area contributed by atoms with Crippen LogP contribution >= 0.6 is 11.3 Å². The van der Waals surface area contributed by atoms with Gasteiger partial charge in [-0.2, -0.15) is 11.3 Å². The lowest BCUT2D eigenvalue weighted by Gasteiger charge is -2.24. The lowest BCUT2D eigenvalue weighted by Crippen LogP contribution is -2.27. The van der Waals surface area contributed by atoms with E-state index in [0.717, 1.165) is 18.2 Å². The van der Waals surface area contributed by atoms with Crippen molar-refractivity contribution in [1.29, 1.82) is 0 Å². The normalized spacial score (nSPS) is 14.5. The zero-order valence-corrected chi connectivity index (χ0v) is 13.2. The van der Waals surface area contributed by atoms with Crippen LogP contribution in [0.5, 0.6) is 0 Å². The van der Waals surface area contributed by atoms with Crippen LogP contribution in [0, 0.1) is 0 Å². The zero-order valence-electron chi connectivity index (χ0n) is 12.4. The number of hydrogen-bond donors (Lipinski definition) is 2. The Labute approximate surface area is 129 Å². The van der Waals surface area contributed by atoms with Crippen molar-refractivity contribution in [2.45, 2.75) is 45.2 Å². The van der Waals surface area contributed by atoms with E-state index >= 15 is 0 Å². The number of nitrogens with one attached hydrogen (secondary N) is 1. The summed E-state index contributed by atoms with van der Waals surface area (Å²) in [5.41, 5.74) is 3.99. The zero-order chi connectivity index (χ0) is 14.8. The Bertz CT molecular complexity index is 592. The van der Waals surface area contributed by atoms with E-state index in [1.165, 1.54) is 18.4 Å². The van der Waals surface area contributed by atoms with E-state index in [-0.39, 0.29) is 5.92 Å². The topological polar surface area (TPSA) is 67.1 Å². The monoisotopic (exact) mass is 303 g/mol. The summed E-state index contributed by atoms with van der Waals surface area (Å²) >= 11 is 1.73. The third-order valence-electron chi connectivity index (χ3n) is 3.61. The van der Waals surface area contributed by atoms with Crippen LogP contribution in [0.4, 0.5) is 11.6 Å². The van der Waals surface area contributed by atoms with E-state index < -0.39 is 0 Å². The minimum atomic E-state index is 0.277. The smallest absolute Gasteiger partial charge is 0.145 e. The molecule has 0 aliphatic heterocycles. The second-order valence-corrected chi connectivity index (χ2v) is 6.54. The third-order valence-corrected chi connectivity index (χ3v) is 4.34. The van der Waals surface area contributed by atoms with E-state index in [9.17, 15) is 0 Å². The molecule has 1 saturated carbocycles. The first-order valence-electron chi connectivity index (χ1n) is 7.30. The Morgan fingerprint density at radius 1 is 1.43 bits per heavy atom. The summed E-state index contributed by atoms with van der Waals surface area (Å²) in [7, 11) is 0. The van der Waals surface area contributed by atoms with Crippen LogP contribution in [-0.4, -0.2) is 16.0 Å². The molecule has 3 rings (SSSR count). The Morgan fingerprint density at radius 3 is 2.81 bits per heavy atom. The highest BCUT2D eigenvalue weighted by Gasteiger charge is 2.30. The number of nitrogen functional groups attached to an aromatic ring is 1. The van der Waals surface area contributed by atoms with E-state index in [1.54, 1.807) is 11.3 Å². The molecule has 3 N–H and O–H groups in total. The maximum absolute atomic E-state index is 5.56. The molecule has 1 aliphatic rings. The van der Waals surface area contributed by atoms with Gasteiger partial charge in [-0.1, -0.05) is 13.8 Å². The van der Waals surface area contributed by atoms with Crippen LogP contribution in [0.15, 0.2) is 22.9 Å². The first kappa shape index (κ1) is 14.3. The Balaban J connectivity index is 1.92. The fraction of sp³-hybridized carbons (Fsp3) is 0.467. The van der Waals surface area contributed by atoms with Crippen LogP contribution in [0.25, 0.3) is 0 Å². The van der Waals surface area contributed by atoms with Gasteiger partial charge in [-0.3, -0.25) is 0 Å². The van der Waals surface area contributed by atoms with E-state index in [2.05, 4.69) is 46.0 Å². The first-order chi connectivity index (χ1) is 10.2. The van der Waals surface area contributed by atoms with E-state index in [4.69, 9.17) is 10.8 Å². The molecule has 5 nitrogen and oxygen atoms in total. The second-order valence-electron chi connectivity index (χ2n) is 5.76. The first-order valence-corrected chi connectivity index (χ1v) is 8.25. The molecule has 2 heterocycles. The molecule has 0 aromatic carbocycles. The summed E-state index contributed by atoms with van der Waals surface area (Å²) in [5, 5.41) is 4.31. The lowest BCUT2D eigenvalue weighted by atomic mass is 10.2. The molecule has 0 unspecified atom stereocenters. The van der Waals surface area contributed by atoms with Gasteiger partial charge in [0.2, 0.25) is 0 Å². The summed E-state index contributed by atoms with van der Waals surface area (Å²) in [5.74, 6) is 8.31. The number of nitrogens with zero attached hydrogens (tertiary/aromatic N) is 3. The van der Waals surface area contributed by atoms with E-state index in [1.807, 2.05) is 6.07 Å². The highest BCUT2D eigenvalue weighted by atomic mass is 32.1. The van der Waals surface area contributed by atoms with E-state index in [0.29, 0.717) is 11.9 Å². The van der Waals surface area contributed by atoms with Crippen molar-refractivity contribution in [2.24, 2.45) is 5.84 Å². The number of nitrogens with two attached hydrogens (primary N) is 1. The highest BCUT2D eigenvalue weighted by molar-refractivity contribution is 7.07. The number of hydrazine groups is 1. The van der Waals surface area contributed by atoms with Crippen molar-refractivity contribution in [3.63, 3.8) is 0 Å². The van der Waals surface area contributed by atoms with Crippen molar-refractivity contribution < 1.29 is 0 Å². The third kappa shape index (κ3) is 3.33. The van der Waals surface area contributed by atoms with Gasteiger partial charge >= 0.3 is 0 Å². The number of anilines is 2. The standard InChI is InChI=1S/C15H21N5S/c1-10(2)15-17-13(19-16)7-14(18-15)20(12-3-4-12)8-11-5-6-21-9-11/h5-7,9-10,12H,3-4,8,16H2,1-2H3,(H,17,18,19). The maximum atomic E-state index is 5.56. The van der Waals surface area contributed by atoms with Crippen LogP contribution in [0.2, 0.25) is 0 Å². The SMILES string of the molecule is CC(C)c1nc(NN)cc(N(Cc2ccsc2)C2CC2)n1. The van der Waals surface area contributed by atoms with Crippen molar-refractivity contribution in [3.8, 4) is 0 Å². The molecule has 0 radical (unpaired) electrons. The molecular weight excluding hydrogens is 282 g/mol. The summed E-state index contributed by atoms with van der Waals surface area (Å²) in [6.07, 6.45) is 2.47. The molecule has 2 aromatic rings. The molecule has 0 amide bonds. The summed E-state index contributed by atoms with van der Waals surface area (Å²) in [4.78, 5) is 11.6. The minimum Gasteiger partial charge on any atom is -0.349 e. The molecule has 2 aromatic heterocycles. The summed E-state index contributed by atoms with van der Waals surface area (Å²) < 4.78 is 0. The largest absolute Gasteiger partial charge is 0.349 e. The number of aromatic nitrogens is 2. The van der Waals surface area contributed by atoms with Crippen molar-refractivity contribution in [2.75, 3.05) is 10.3 Å². The Hall–Kier alpha value is -1.66. The summed E-state index contributed by atoms with van der Waals surface area (Å²) in [6, 6.07) is 4.70. The molecule has 1 fully saturated rings. The summed E-state index contributed by atoms with van der Waals surface area (Å²) in [6.45, 7) is 5.09. The van der Waals surface area contributed by atoms with Gasteiger partial charge < -0.3 is 10.3 Å². The second kappa shape index (κ2) is 5.99. The Kier molecular flexibility index (Phi) is 4.07. The van der Waals surface area contributed by atoms with Crippen LogP contribution in [-0.2, 0) is 6.54 Å². The molecule has 0 bridgehead atoms. The molecule has 1 aliphatic carbocycles. The molecule has 0 spiro atoms. The lowest BCUT2D eigenvalue weighted by molar-refractivity contribution is 0.736. The minimum absolute atomic E-state index is 0.277. The Morgan fingerprint density at radius 2 is 2.24 bits per heavy atom. The molecule has 21 heavy (non-hydrogen) atoms. The average Bonchev–Trinajstić information content (AvgIpc) is 3.20. The predicted octanol–water partition coefficient (Wildman–Crippen LogP) is 3.12. The van der Waals surface area contributed by atoms with Gasteiger partial charge in [-0.05, 0) is 35.2 Å². The fourth-order valence-corrected chi connectivity index (χ4v) is 2.95. The molecule has 112 valence electrons. The van der Waals surface area contributed by atoms with Gasteiger partial charge in [-0.15, -0.1) is 0 Å². The quantitative estimate of drug-likeness (QED) is 0.634. The van der Waals surface area contributed by atoms with Gasteiger partial charge in [0.15, 0.2) is 0 Å².